The summed E-state index contributed by atoms with van der Waals surface area (Å²) >= 11 is 0. The van der Waals surface area contributed by atoms with Crippen LogP contribution in [0.1, 0.15) is 129 Å². The van der Waals surface area contributed by atoms with Gasteiger partial charge >= 0.3 is 11.9 Å². The van der Waals surface area contributed by atoms with E-state index in [1.807, 2.05) is 19.1 Å². The van der Waals surface area contributed by atoms with Crippen molar-refractivity contribution in [3.8, 4) is 11.1 Å². The van der Waals surface area contributed by atoms with E-state index in [4.69, 9.17) is 20.8 Å². The van der Waals surface area contributed by atoms with Crippen molar-refractivity contribution in [2.24, 2.45) is 23.7 Å². The predicted molar refractivity (Wildman–Crippen MR) is 304 cm³/mol. The van der Waals surface area contributed by atoms with E-state index in [9.17, 15) is 4.79 Å². The number of halogens is 1. The number of esters is 2. The molecule has 0 amide bonds. The van der Waals surface area contributed by atoms with Gasteiger partial charge in [0.15, 0.2) is 6.10 Å². The molecule has 3 heterocycles. The standard InChI is InChI=1S/C69H69FO6/c1-7-54-49-24-27-58-67(54)60-38-53(70)25-28-57(60)59-36-51-22-17-41(3)29-62(66(51)68(58)59)75-63(69(73)74-39-64-44(6)31-65(72)76-64)37-52-33-47(34-61(71)50(35-49)23-20-45-18-15-40(2)16-19-45)21-26-56(52)43(5)30-46-12-10-13-48(32-46)55-14-9-8-11-42(55)4/h7-14,21,24-29,32-33,38,40-41,45,50,63H,1,5,15-20,22-23,30-31,34-37,39H2,2-4,6H3/t40?,41?,45?,50?,63-/m0/s1. The van der Waals surface area contributed by atoms with Gasteiger partial charge in [0.1, 0.15) is 29.7 Å². The van der Waals surface area contributed by atoms with Crippen molar-refractivity contribution in [2.45, 2.75) is 124 Å². The zero-order valence-electron chi connectivity index (χ0n) is 44.6. The first-order chi connectivity index (χ1) is 36.8. The van der Waals surface area contributed by atoms with Crippen LogP contribution in [0.4, 0.5) is 4.39 Å². The second kappa shape index (κ2) is 21.5. The lowest BCUT2D eigenvalue weighted by molar-refractivity contribution is -0.155. The van der Waals surface area contributed by atoms with Crippen LogP contribution in [-0.4, -0.2) is 30.4 Å². The number of rotatable bonds is 11. The molecule has 3 aliphatic heterocycles. The molecule has 388 valence electrons. The van der Waals surface area contributed by atoms with Crippen molar-refractivity contribution in [3.05, 3.63) is 195 Å². The molecule has 0 spiro atoms. The predicted octanol–water partition coefficient (Wildman–Crippen LogP) is 15.9. The minimum atomic E-state index is -1.16. The first kappa shape index (κ1) is 51.0. The molecule has 6 nitrogen and oxygen atoms in total. The summed E-state index contributed by atoms with van der Waals surface area (Å²) in [5.41, 5.74) is 15.0. The van der Waals surface area contributed by atoms with Crippen LogP contribution in [0.2, 0.25) is 0 Å². The third kappa shape index (κ3) is 10.3. The summed E-state index contributed by atoms with van der Waals surface area (Å²) in [7, 11) is 0. The summed E-state index contributed by atoms with van der Waals surface area (Å²) in [4.78, 5) is 42.7. The van der Waals surface area contributed by atoms with E-state index in [1.165, 1.54) is 42.4 Å². The zero-order valence-corrected chi connectivity index (χ0v) is 44.6. The topological polar surface area (TPSA) is 78.9 Å². The summed E-state index contributed by atoms with van der Waals surface area (Å²) in [6.07, 6.45) is 13.4. The molecule has 6 aromatic rings. The third-order valence-electron chi connectivity index (χ3n) is 17.4. The van der Waals surface area contributed by atoms with Gasteiger partial charge in [-0.15, -0.1) is 0 Å². The highest BCUT2D eigenvalue weighted by Gasteiger charge is 2.36. The van der Waals surface area contributed by atoms with Crippen molar-refractivity contribution in [1.82, 2.24) is 0 Å². The van der Waals surface area contributed by atoms with Gasteiger partial charge in [0.05, 0.1) is 6.42 Å². The fourth-order valence-corrected chi connectivity index (χ4v) is 13.1. The van der Waals surface area contributed by atoms with Crippen molar-refractivity contribution in [3.63, 3.8) is 0 Å². The number of ether oxygens (including phenoxy) is 3. The average molecular weight is 1010 g/mol. The first-order valence-corrected chi connectivity index (χ1v) is 27.7. The van der Waals surface area contributed by atoms with Crippen LogP contribution >= 0.6 is 0 Å². The van der Waals surface area contributed by atoms with Crippen molar-refractivity contribution < 1.29 is 33.0 Å². The SMILES string of the molecule is C=Cc1c2ccc3c4c(c5ccc(F)cc5c13)CC1=C4C(=CC(C)CC1)O[C@H](C(=O)OCC1=C(C)CC(=O)O1)Cc1cc(ccc1C(=C)Cc1cccc(-c3ccccc3C)c1)CC(=O)C(CCC1CCC(C)CC1)C2. The van der Waals surface area contributed by atoms with Crippen LogP contribution in [0.25, 0.3) is 49.9 Å². The number of aryl methyl sites for hydroxylation is 1. The Kier molecular flexibility index (Phi) is 14.4. The number of carbonyl (C=O) groups is 3. The lowest BCUT2D eigenvalue weighted by Gasteiger charge is -2.28. The van der Waals surface area contributed by atoms with Crippen LogP contribution in [0.3, 0.4) is 0 Å². The Bertz CT molecular complexity index is 3470. The average Bonchev–Trinajstić information content (AvgIpc) is 3.91. The van der Waals surface area contributed by atoms with Crippen LogP contribution in [-0.2, 0) is 60.7 Å². The second-order valence-corrected chi connectivity index (χ2v) is 22.8. The van der Waals surface area contributed by atoms with E-state index >= 15 is 14.0 Å². The lowest BCUT2D eigenvalue weighted by atomic mass is 9.77. The Morgan fingerprint density at radius 3 is 2.42 bits per heavy atom. The van der Waals surface area contributed by atoms with Crippen LogP contribution in [0.5, 0.6) is 0 Å². The van der Waals surface area contributed by atoms with E-state index in [0.717, 1.165) is 120 Å². The van der Waals surface area contributed by atoms with Gasteiger partial charge in [-0.1, -0.05) is 149 Å². The van der Waals surface area contributed by atoms with Gasteiger partial charge < -0.3 is 14.2 Å². The Morgan fingerprint density at radius 1 is 0.816 bits per heavy atom. The number of benzene rings is 6. The minimum absolute atomic E-state index is 0.113. The minimum Gasteiger partial charge on any atom is -0.478 e. The number of carbonyl (C=O) groups excluding carboxylic acids is 3. The van der Waals surface area contributed by atoms with Gasteiger partial charge in [0.2, 0.25) is 0 Å². The number of Topliss-reactive ketones (excluding diaryl/α,β-unsaturated/α-hetero) is 1. The molecule has 3 aliphatic carbocycles. The Balaban J connectivity index is 1.07. The molecule has 2 unspecified atom stereocenters. The molecule has 0 radical (unpaired) electrons. The zero-order chi connectivity index (χ0) is 52.8. The molecule has 0 N–H and O–H groups in total. The van der Waals surface area contributed by atoms with Crippen molar-refractivity contribution >= 4 is 56.5 Å². The molecular weight excluding hydrogens is 944 g/mol. The van der Waals surface area contributed by atoms with Crippen molar-refractivity contribution in [2.75, 3.05) is 6.61 Å². The number of allylic oxidation sites excluding steroid dienone is 4. The summed E-state index contributed by atoms with van der Waals surface area (Å²) in [5, 5.41) is 3.67. The molecule has 6 aliphatic rings. The van der Waals surface area contributed by atoms with Crippen LogP contribution in [0.15, 0.2) is 139 Å². The highest BCUT2D eigenvalue weighted by Crippen LogP contribution is 2.51. The van der Waals surface area contributed by atoms with Gasteiger partial charge in [-0.25, -0.2) is 9.18 Å². The number of hydrogen-bond donors (Lipinski definition) is 0. The molecular formula is C69H69FO6. The normalized spacial score (nSPS) is 21.6. The highest BCUT2D eigenvalue weighted by molar-refractivity contribution is 6.19. The van der Waals surface area contributed by atoms with Gasteiger partial charge in [-0.05, 0) is 189 Å². The molecule has 76 heavy (non-hydrogen) atoms. The molecule has 1 saturated carbocycles. The van der Waals surface area contributed by atoms with Crippen LogP contribution in [0, 0.1) is 36.4 Å². The monoisotopic (exact) mass is 1010 g/mol. The van der Waals surface area contributed by atoms with Crippen LogP contribution < -0.4 is 0 Å². The van der Waals surface area contributed by atoms with Gasteiger partial charge in [0, 0.05) is 24.3 Å². The molecule has 3 atom stereocenters. The summed E-state index contributed by atoms with van der Waals surface area (Å²) in [6.45, 7) is 17.4. The summed E-state index contributed by atoms with van der Waals surface area (Å²) in [5.74, 6) is 0.971. The maximum absolute atomic E-state index is 15.7. The molecule has 12 rings (SSSR count). The molecule has 1 fully saturated rings. The van der Waals surface area contributed by atoms with E-state index in [-0.39, 0.29) is 55.3 Å². The molecule has 6 aromatic carbocycles. The van der Waals surface area contributed by atoms with E-state index in [1.54, 1.807) is 12.1 Å². The Morgan fingerprint density at radius 2 is 1.63 bits per heavy atom. The molecule has 0 saturated heterocycles. The third-order valence-corrected chi connectivity index (χ3v) is 17.4. The van der Waals surface area contributed by atoms with E-state index < -0.39 is 12.1 Å². The second-order valence-electron chi connectivity index (χ2n) is 22.8. The maximum atomic E-state index is 15.7. The number of cyclic esters (lactones) is 1. The summed E-state index contributed by atoms with van der Waals surface area (Å²) < 4.78 is 34.6. The highest BCUT2D eigenvalue weighted by atomic mass is 19.1. The molecule has 7 heteroatoms. The first-order valence-electron chi connectivity index (χ1n) is 27.7. The fraction of sp³-hybridized carbons (Fsp3) is 0.348. The van der Waals surface area contributed by atoms with E-state index in [0.29, 0.717) is 36.7 Å². The smallest absolute Gasteiger partial charge is 0.348 e. The Labute approximate surface area is 447 Å². The van der Waals surface area contributed by atoms with Gasteiger partial charge in [-0.3, -0.25) is 9.59 Å². The van der Waals surface area contributed by atoms with Crippen molar-refractivity contribution in [1.29, 1.82) is 0 Å². The quantitative estimate of drug-likeness (QED) is 0.0950. The largest absolute Gasteiger partial charge is 0.478 e. The molecule has 0 aromatic heterocycles. The number of ketones is 1. The maximum Gasteiger partial charge on any atom is 0.348 e. The number of hydrogen-bond acceptors (Lipinski definition) is 6. The Hall–Kier alpha value is -7.12. The number of fused-ring (bicyclic) bond motifs is 8. The van der Waals surface area contributed by atoms with Gasteiger partial charge in [0.25, 0.3) is 0 Å². The van der Waals surface area contributed by atoms with Gasteiger partial charge in [-0.2, -0.15) is 0 Å². The molecule has 6 bridgehead atoms. The summed E-state index contributed by atoms with van der Waals surface area (Å²) in [6, 6.07) is 32.7. The van der Waals surface area contributed by atoms with E-state index in [2.05, 4.69) is 112 Å². The lowest BCUT2D eigenvalue weighted by Crippen LogP contribution is -2.30. The fourth-order valence-electron chi connectivity index (χ4n) is 13.1.